The van der Waals surface area contributed by atoms with Crippen molar-refractivity contribution in [3.63, 3.8) is 0 Å². The van der Waals surface area contributed by atoms with Crippen LogP contribution in [0.5, 0.6) is 0 Å². The van der Waals surface area contributed by atoms with Crippen LogP contribution < -0.4 is 37.6 Å². The third-order valence-corrected chi connectivity index (χ3v) is 0. The molecule has 0 saturated carbocycles. The molecule has 0 aromatic carbocycles. The van der Waals surface area contributed by atoms with Gasteiger partial charge in [0.15, 0.2) is 0 Å². The van der Waals surface area contributed by atoms with Crippen molar-refractivity contribution in [2.45, 2.75) is 0 Å². The van der Waals surface area contributed by atoms with E-state index in [1.54, 1.807) is 0 Å². The second kappa shape index (κ2) is 397. The molecule has 11 heteroatoms. The molecule has 0 nitrogen and oxygen atoms in total. The summed E-state index contributed by atoms with van der Waals surface area (Å²) in [6, 6.07) is 0. The topological polar surface area (TPSA) is 0 Å². The fraction of sp³-hybridized carbons (Fsp3) is 0. The minimum atomic E-state index is 0. The minimum absolute atomic E-state index is 0. The second-order valence-corrected chi connectivity index (χ2v) is 0. The predicted octanol–water partition coefficient (Wildman–Crippen LogP) is -25.1. The van der Waals surface area contributed by atoms with Crippen LogP contribution in [-0.4, -0.2) is 73.3 Å². The van der Waals surface area contributed by atoms with Crippen molar-refractivity contribution < 1.29 is 37.6 Å². The monoisotopic (exact) mass is 638 g/mol. The molecule has 0 aromatic rings. The van der Waals surface area contributed by atoms with Crippen LogP contribution in [0.2, 0.25) is 0 Å². The molecule has 11 heavy (non-hydrogen) atoms. The standard InChI is InChI=1S/Bi.8FH.Ga.Pb/h;8*1H;;/q+3;;;;;;;;;+3;+2/p-8. The fourth-order valence-corrected chi connectivity index (χ4v) is 0. The van der Waals surface area contributed by atoms with Crippen LogP contribution in [0.15, 0.2) is 0 Å². The van der Waals surface area contributed by atoms with Crippen LogP contribution in [0.3, 0.4) is 0 Å². The average molecular weight is 638 g/mol. The van der Waals surface area contributed by atoms with Crippen molar-refractivity contribution in [3.05, 3.63) is 0 Å². The van der Waals surface area contributed by atoms with Crippen molar-refractivity contribution in [1.82, 2.24) is 0 Å². The van der Waals surface area contributed by atoms with Crippen LogP contribution in [0, 0.1) is 0 Å². The van der Waals surface area contributed by atoms with E-state index in [0.29, 0.717) is 0 Å². The SMILES string of the molecule is [Bi+3].[F-].[F-].[F-].[F-].[F-].[F-].[F-].[F-].[Ga+3].[Pb+2]. The third kappa shape index (κ3) is 328. The van der Waals surface area contributed by atoms with Crippen LogP contribution in [0.1, 0.15) is 0 Å². The van der Waals surface area contributed by atoms with E-state index in [2.05, 4.69) is 0 Å². The van der Waals surface area contributed by atoms with E-state index in [1.807, 2.05) is 0 Å². The van der Waals surface area contributed by atoms with Gasteiger partial charge in [-0.1, -0.05) is 0 Å². The fourth-order valence-electron chi connectivity index (χ4n) is 0. The maximum atomic E-state index is 0. The molecular weight excluding hydrogens is 638 g/mol. The summed E-state index contributed by atoms with van der Waals surface area (Å²) in [7, 11) is 0. The summed E-state index contributed by atoms with van der Waals surface area (Å²) in [6.07, 6.45) is 0. The molecule has 0 heterocycles. The predicted molar refractivity (Wildman–Crippen MR) is 17.3 cm³/mol. The zero-order chi connectivity index (χ0) is 0. The van der Waals surface area contributed by atoms with Crippen molar-refractivity contribution in [3.8, 4) is 0 Å². The summed E-state index contributed by atoms with van der Waals surface area (Å²) in [5, 5.41) is 0. The molecule has 0 unspecified atom stereocenters. The normalized spacial score (nSPS) is 0. The van der Waals surface area contributed by atoms with Gasteiger partial charge in [0.1, 0.15) is 0 Å². The van der Waals surface area contributed by atoms with Gasteiger partial charge in [-0.2, -0.15) is 0 Å². The molecule has 0 aliphatic rings. The van der Waals surface area contributed by atoms with Gasteiger partial charge in [-0.05, 0) is 0 Å². The van der Waals surface area contributed by atoms with Gasteiger partial charge >= 0.3 is 73.3 Å². The zero-order valence-electron chi connectivity index (χ0n) is 4.55. The molecule has 0 aromatic heterocycles. The summed E-state index contributed by atoms with van der Waals surface area (Å²) in [6.45, 7) is 0. The molecule has 0 amide bonds. The van der Waals surface area contributed by atoms with E-state index in [9.17, 15) is 0 Å². The minimum Gasteiger partial charge on any atom is -1.00 e. The molecule has 0 aliphatic carbocycles. The molecule has 0 bridgehead atoms. The van der Waals surface area contributed by atoms with Crippen LogP contribution in [0.25, 0.3) is 0 Å². The first kappa shape index (κ1) is 514. The summed E-state index contributed by atoms with van der Waals surface area (Å²) in [4.78, 5) is 0. The smallest absolute Gasteiger partial charge is 1.00 e. The maximum absolute atomic E-state index is 0. The van der Waals surface area contributed by atoms with Gasteiger partial charge < -0.3 is 37.6 Å². The molecule has 0 fully saturated rings. The van der Waals surface area contributed by atoms with Gasteiger partial charge in [-0.15, -0.1) is 0 Å². The first-order valence-electron chi connectivity index (χ1n) is 0. The molecule has 0 saturated heterocycles. The Morgan fingerprint density at radius 2 is 0.364 bits per heavy atom. The molecular formula is BiF8GaPb. The van der Waals surface area contributed by atoms with E-state index in [-0.39, 0.29) is 111 Å². The molecule has 0 N–H and O–H groups in total. The Hall–Kier alpha value is 1.88. The Morgan fingerprint density at radius 1 is 0.364 bits per heavy atom. The molecule has 0 aliphatic heterocycles. The largest absolute Gasteiger partial charge is 3.00 e. The van der Waals surface area contributed by atoms with Gasteiger partial charge in [0.05, 0.1) is 0 Å². The van der Waals surface area contributed by atoms with Gasteiger partial charge in [-0.3, -0.25) is 0 Å². The van der Waals surface area contributed by atoms with Crippen molar-refractivity contribution in [1.29, 1.82) is 0 Å². The molecule has 4 radical (unpaired) electrons. The summed E-state index contributed by atoms with van der Waals surface area (Å²) >= 11 is 0. The van der Waals surface area contributed by atoms with Gasteiger partial charge in [-0.25, -0.2) is 0 Å². The summed E-state index contributed by atoms with van der Waals surface area (Å²) < 4.78 is 0. The van der Waals surface area contributed by atoms with Crippen LogP contribution in [-0.2, 0) is 0 Å². The van der Waals surface area contributed by atoms with Crippen LogP contribution in [0.4, 0.5) is 0 Å². The van der Waals surface area contributed by atoms with E-state index in [0.717, 1.165) is 0 Å². The second-order valence-electron chi connectivity index (χ2n) is 0. The summed E-state index contributed by atoms with van der Waals surface area (Å²) in [5.74, 6) is 0. The van der Waals surface area contributed by atoms with Crippen LogP contribution >= 0.6 is 0 Å². The molecule has 0 rings (SSSR count). The Morgan fingerprint density at radius 3 is 0.364 bits per heavy atom. The molecule has 0 atom stereocenters. The Labute approximate surface area is 110 Å². The number of hydrogen-bond acceptors (Lipinski definition) is 0. The van der Waals surface area contributed by atoms with Crippen molar-refractivity contribution >= 4 is 73.3 Å². The van der Waals surface area contributed by atoms with E-state index >= 15 is 0 Å². The Bertz CT molecular complexity index is 14.1. The first-order chi connectivity index (χ1) is 0. The van der Waals surface area contributed by atoms with E-state index in [1.165, 1.54) is 0 Å². The number of hydrogen-bond donors (Lipinski definition) is 0. The Balaban J connectivity index is 0. The number of rotatable bonds is 0. The van der Waals surface area contributed by atoms with Crippen molar-refractivity contribution in [2.75, 3.05) is 0 Å². The summed E-state index contributed by atoms with van der Waals surface area (Å²) in [5.41, 5.74) is 0. The first-order valence-corrected chi connectivity index (χ1v) is 0. The average Bonchev–Trinajstić information content (AvgIpc) is 0. The molecule has 0 spiro atoms. The Kier molecular flexibility index (Phi) is 18600. The third-order valence-electron chi connectivity index (χ3n) is 0. The van der Waals surface area contributed by atoms with Gasteiger partial charge in [0, 0.05) is 0 Å². The van der Waals surface area contributed by atoms with E-state index in [4.69, 9.17) is 0 Å². The van der Waals surface area contributed by atoms with Gasteiger partial charge in [0.25, 0.3) is 0 Å². The van der Waals surface area contributed by atoms with Crippen molar-refractivity contribution in [2.24, 2.45) is 0 Å². The van der Waals surface area contributed by atoms with Gasteiger partial charge in [0.2, 0.25) is 0 Å². The maximum Gasteiger partial charge on any atom is 3.00 e. The zero-order valence-corrected chi connectivity index (χ0v) is 14.3. The number of halogens is 8. The van der Waals surface area contributed by atoms with E-state index < -0.39 is 0 Å². The molecule has 68 valence electrons. The quantitative estimate of drug-likeness (QED) is 0.183.